The largest absolute Gasteiger partial charge is 0.381 e. The lowest BCUT2D eigenvalue weighted by Crippen LogP contribution is -2.52. The quantitative estimate of drug-likeness (QED) is 0.706. The summed E-state index contributed by atoms with van der Waals surface area (Å²) in [6.07, 6.45) is 6.46. The summed E-state index contributed by atoms with van der Waals surface area (Å²) in [6, 6.07) is 9.04. The fourth-order valence-electron chi connectivity index (χ4n) is 5.22. The molecule has 3 amide bonds. The van der Waals surface area contributed by atoms with Crippen molar-refractivity contribution in [3.05, 3.63) is 47.2 Å². The van der Waals surface area contributed by atoms with Crippen LogP contribution in [0.1, 0.15) is 60.1 Å². The average molecular weight is 449 g/mol. The molecule has 1 aliphatic carbocycles. The van der Waals surface area contributed by atoms with Crippen LogP contribution >= 0.6 is 0 Å². The molecule has 0 radical (unpaired) electrons. The summed E-state index contributed by atoms with van der Waals surface area (Å²) >= 11 is 0. The maximum Gasteiger partial charge on any atom is 0.255 e. The van der Waals surface area contributed by atoms with Crippen LogP contribution in [0.5, 0.6) is 0 Å². The van der Waals surface area contributed by atoms with E-state index in [1.54, 1.807) is 18.1 Å². The number of carbonyl (C=O) groups excluding carboxylic acids is 3. The lowest BCUT2D eigenvalue weighted by Gasteiger charge is -2.29. The number of aromatic nitrogens is 2. The van der Waals surface area contributed by atoms with E-state index in [1.165, 1.54) is 0 Å². The summed E-state index contributed by atoms with van der Waals surface area (Å²) in [4.78, 5) is 38.1. The number of rotatable bonds is 5. The molecule has 1 saturated carbocycles. The van der Waals surface area contributed by atoms with Gasteiger partial charge in [-0.25, -0.2) is 0 Å². The Balaban J connectivity index is 1.26. The first-order chi connectivity index (χ1) is 16.0. The number of methoxy groups -OCH3 is 1. The van der Waals surface area contributed by atoms with Crippen molar-refractivity contribution < 1.29 is 19.1 Å². The number of carbonyl (C=O) groups is 3. The Hall–Kier alpha value is -3.13. The molecule has 0 spiro atoms. The summed E-state index contributed by atoms with van der Waals surface area (Å²) in [5, 5.41) is 11.2. The molecule has 172 valence electrons. The van der Waals surface area contributed by atoms with Crippen molar-refractivity contribution in [3.63, 3.8) is 0 Å². The Kier molecular flexibility index (Phi) is 5.93. The third kappa shape index (κ3) is 4.39. The molecular formula is C25H28N4O4. The number of nitrogens with zero attached hydrogens (tertiary/aromatic N) is 3. The number of hydrogen-bond donors (Lipinski definition) is 1. The second kappa shape index (κ2) is 9.02. The van der Waals surface area contributed by atoms with Crippen LogP contribution in [-0.4, -0.2) is 52.1 Å². The highest BCUT2D eigenvalue weighted by Gasteiger charge is 2.39. The van der Waals surface area contributed by atoms with Crippen molar-refractivity contribution in [1.82, 2.24) is 20.4 Å². The number of benzene rings is 1. The molecule has 3 aliphatic rings. The molecule has 33 heavy (non-hydrogen) atoms. The van der Waals surface area contributed by atoms with Crippen LogP contribution in [0.4, 0.5) is 0 Å². The Morgan fingerprint density at radius 1 is 1.03 bits per heavy atom. The van der Waals surface area contributed by atoms with Crippen molar-refractivity contribution in [3.8, 4) is 11.3 Å². The van der Waals surface area contributed by atoms with E-state index >= 15 is 0 Å². The first-order valence-corrected chi connectivity index (χ1v) is 11.6. The molecule has 1 N–H and O–H groups in total. The summed E-state index contributed by atoms with van der Waals surface area (Å²) in [5.41, 5.74) is 4.12. The van der Waals surface area contributed by atoms with Crippen LogP contribution < -0.4 is 5.32 Å². The molecule has 0 bridgehead atoms. The molecule has 1 aromatic heterocycles. The van der Waals surface area contributed by atoms with Crippen molar-refractivity contribution in [2.24, 2.45) is 5.92 Å². The van der Waals surface area contributed by atoms with Gasteiger partial charge in [0.05, 0.1) is 17.5 Å². The van der Waals surface area contributed by atoms with Gasteiger partial charge < -0.3 is 9.64 Å². The molecule has 8 nitrogen and oxygen atoms in total. The molecule has 1 unspecified atom stereocenters. The number of imide groups is 1. The van der Waals surface area contributed by atoms with Crippen molar-refractivity contribution in [1.29, 1.82) is 0 Å². The van der Waals surface area contributed by atoms with Gasteiger partial charge in [0, 0.05) is 31.2 Å². The third-order valence-electron chi connectivity index (χ3n) is 7.16. The van der Waals surface area contributed by atoms with E-state index in [2.05, 4.69) is 15.5 Å². The SMILES string of the molecule is CO[C@H]1CC[C@@H](Cc2ccc(-c3ccc4c(c3)CN(C3CCC(=O)NC3=O)C4=O)nn2)CC1. The van der Waals surface area contributed by atoms with Gasteiger partial charge in [-0.15, -0.1) is 0 Å². The smallest absolute Gasteiger partial charge is 0.255 e. The van der Waals surface area contributed by atoms with Gasteiger partial charge in [-0.1, -0.05) is 6.07 Å². The number of nitrogens with one attached hydrogen (secondary N) is 1. The number of fused-ring (bicyclic) bond motifs is 1. The lowest BCUT2D eigenvalue weighted by molar-refractivity contribution is -0.136. The fraction of sp³-hybridized carbons (Fsp3) is 0.480. The van der Waals surface area contributed by atoms with Crippen LogP contribution in [-0.2, 0) is 27.3 Å². The van der Waals surface area contributed by atoms with Gasteiger partial charge >= 0.3 is 0 Å². The highest BCUT2D eigenvalue weighted by Crippen LogP contribution is 2.31. The van der Waals surface area contributed by atoms with Crippen LogP contribution in [0.3, 0.4) is 0 Å². The Morgan fingerprint density at radius 2 is 1.85 bits per heavy atom. The van der Waals surface area contributed by atoms with Gasteiger partial charge in [0.15, 0.2) is 0 Å². The maximum absolute atomic E-state index is 12.9. The molecule has 1 saturated heterocycles. The molecule has 2 fully saturated rings. The molecule has 2 aromatic rings. The highest BCUT2D eigenvalue weighted by atomic mass is 16.5. The van der Waals surface area contributed by atoms with Crippen LogP contribution in [0.15, 0.2) is 30.3 Å². The summed E-state index contributed by atoms with van der Waals surface area (Å²) in [5.74, 6) is -0.228. The predicted molar refractivity (Wildman–Crippen MR) is 120 cm³/mol. The van der Waals surface area contributed by atoms with E-state index in [0.29, 0.717) is 30.6 Å². The average Bonchev–Trinajstić information content (AvgIpc) is 3.15. The van der Waals surface area contributed by atoms with E-state index in [0.717, 1.165) is 54.6 Å². The van der Waals surface area contributed by atoms with Crippen LogP contribution in [0.2, 0.25) is 0 Å². The standard InChI is InChI=1S/C25H28N4O4/c1-33-19-6-2-15(3-7-19)12-18-5-9-21(28-27-18)16-4-8-20-17(13-16)14-29(25(20)32)22-10-11-23(30)26-24(22)31/h4-5,8-9,13,15,19,22H,2-3,6-7,10-12,14H2,1H3,(H,26,30,31)/t15-,19+,22?. The van der Waals surface area contributed by atoms with Gasteiger partial charge in [0.25, 0.3) is 5.91 Å². The van der Waals surface area contributed by atoms with Gasteiger partial charge in [-0.3, -0.25) is 19.7 Å². The topological polar surface area (TPSA) is 101 Å². The zero-order valence-electron chi connectivity index (χ0n) is 18.8. The minimum atomic E-state index is -0.607. The highest BCUT2D eigenvalue weighted by molar-refractivity contribution is 6.05. The summed E-state index contributed by atoms with van der Waals surface area (Å²) in [7, 11) is 1.79. The Labute approximate surface area is 192 Å². The van der Waals surface area contributed by atoms with Crippen molar-refractivity contribution in [2.75, 3.05) is 7.11 Å². The van der Waals surface area contributed by atoms with Gasteiger partial charge in [-0.05, 0) is 74.3 Å². The van der Waals surface area contributed by atoms with E-state index in [9.17, 15) is 14.4 Å². The second-order valence-corrected chi connectivity index (χ2v) is 9.26. The lowest BCUT2D eigenvalue weighted by atomic mass is 9.84. The van der Waals surface area contributed by atoms with E-state index in [4.69, 9.17) is 4.74 Å². The van der Waals surface area contributed by atoms with Gasteiger partial charge in [0.2, 0.25) is 11.8 Å². The number of amides is 3. The van der Waals surface area contributed by atoms with Crippen molar-refractivity contribution in [2.45, 2.75) is 63.6 Å². The van der Waals surface area contributed by atoms with E-state index in [1.807, 2.05) is 24.3 Å². The monoisotopic (exact) mass is 448 g/mol. The molecular weight excluding hydrogens is 420 g/mol. The van der Waals surface area contributed by atoms with Gasteiger partial charge in [0.1, 0.15) is 6.04 Å². The first kappa shape index (κ1) is 21.7. The zero-order chi connectivity index (χ0) is 22.9. The summed E-state index contributed by atoms with van der Waals surface area (Å²) < 4.78 is 5.46. The van der Waals surface area contributed by atoms with Crippen molar-refractivity contribution >= 4 is 17.7 Å². The maximum atomic E-state index is 12.9. The minimum Gasteiger partial charge on any atom is -0.381 e. The Bertz CT molecular complexity index is 1080. The number of ether oxygens (including phenoxy) is 1. The molecule has 5 rings (SSSR count). The zero-order valence-corrected chi connectivity index (χ0v) is 18.8. The van der Waals surface area contributed by atoms with E-state index in [-0.39, 0.29) is 18.2 Å². The molecule has 2 aliphatic heterocycles. The summed E-state index contributed by atoms with van der Waals surface area (Å²) in [6.45, 7) is 0.351. The number of hydrogen-bond acceptors (Lipinski definition) is 6. The predicted octanol–water partition coefficient (Wildman–Crippen LogP) is 2.65. The Morgan fingerprint density at radius 3 is 2.55 bits per heavy atom. The second-order valence-electron chi connectivity index (χ2n) is 9.26. The molecule has 1 aromatic carbocycles. The third-order valence-corrected chi connectivity index (χ3v) is 7.16. The molecule has 8 heteroatoms. The minimum absolute atomic E-state index is 0.171. The van der Waals surface area contributed by atoms with Gasteiger partial charge in [-0.2, -0.15) is 10.2 Å². The number of piperidine rings is 1. The molecule has 1 atom stereocenters. The van der Waals surface area contributed by atoms with E-state index < -0.39 is 11.9 Å². The first-order valence-electron chi connectivity index (χ1n) is 11.6. The molecule has 3 heterocycles. The fourth-order valence-corrected chi connectivity index (χ4v) is 5.22. The van der Waals surface area contributed by atoms with Crippen LogP contribution in [0, 0.1) is 5.92 Å². The van der Waals surface area contributed by atoms with Crippen LogP contribution in [0.25, 0.3) is 11.3 Å². The normalized spacial score (nSPS) is 25.2.